The van der Waals surface area contributed by atoms with E-state index in [0.717, 1.165) is 12.1 Å². The molecule has 1 amide bonds. The monoisotopic (exact) mass is 410 g/mol. The number of alkyl halides is 5. The smallest absolute Gasteiger partial charge is 0.395 e. The Labute approximate surface area is 156 Å². The van der Waals surface area contributed by atoms with Crippen LogP contribution in [-0.4, -0.2) is 52.5 Å². The van der Waals surface area contributed by atoms with Crippen molar-refractivity contribution < 1.29 is 37.0 Å². The fraction of sp³-hybridized carbons (Fsp3) is 0.562. The number of amides is 1. The van der Waals surface area contributed by atoms with Gasteiger partial charge in [-0.3, -0.25) is 10.1 Å². The molecule has 1 aromatic rings. The summed E-state index contributed by atoms with van der Waals surface area (Å²) >= 11 is 0. The topological polar surface area (TPSA) is 96.9 Å². The van der Waals surface area contributed by atoms with E-state index in [-0.39, 0.29) is 6.61 Å². The van der Waals surface area contributed by atoms with Crippen LogP contribution in [0, 0.1) is 5.92 Å². The van der Waals surface area contributed by atoms with Crippen LogP contribution in [0.2, 0.25) is 0 Å². The predicted molar refractivity (Wildman–Crippen MR) is 85.2 cm³/mol. The highest BCUT2D eigenvalue weighted by Gasteiger charge is 2.58. The Morgan fingerprint density at radius 1 is 1.18 bits per heavy atom. The summed E-state index contributed by atoms with van der Waals surface area (Å²) in [6, 6.07) is 2.44. The molecule has 3 rings (SSSR count). The first kappa shape index (κ1) is 20.9. The first-order valence-corrected chi connectivity index (χ1v) is 8.42. The number of nitrogens with zero attached hydrogens (tertiary/aromatic N) is 1. The Balaban J connectivity index is 1.84. The average Bonchev–Trinajstić information content (AvgIpc) is 2.99. The maximum absolute atomic E-state index is 13.4. The van der Waals surface area contributed by atoms with Gasteiger partial charge in [-0.1, -0.05) is 24.3 Å². The van der Waals surface area contributed by atoms with Crippen LogP contribution >= 0.6 is 0 Å². The second-order valence-corrected chi connectivity index (χ2v) is 6.74. The fourth-order valence-electron chi connectivity index (χ4n) is 3.49. The minimum Gasteiger partial charge on any atom is -0.395 e. The van der Waals surface area contributed by atoms with Crippen LogP contribution in [-0.2, 0) is 10.7 Å². The molecule has 2 saturated heterocycles. The number of carbonyl (C=O) groups excluding carboxylic acids is 1. The summed E-state index contributed by atoms with van der Waals surface area (Å²) in [6.45, 7) is 1.26. The van der Waals surface area contributed by atoms with Gasteiger partial charge in [-0.15, -0.1) is 0 Å². The first-order chi connectivity index (χ1) is 13.0. The lowest BCUT2D eigenvalue weighted by Crippen LogP contribution is -2.64. The van der Waals surface area contributed by atoms with Gasteiger partial charge in [0.05, 0.1) is 24.7 Å². The average molecular weight is 410 g/mol. The van der Waals surface area contributed by atoms with Crippen molar-refractivity contribution in [2.75, 3.05) is 6.61 Å². The summed E-state index contributed by atoms with van der Waals surface area (Å²) in [4.78, 5) is 12.1. The third kappa shape index (κ3) is 3.46. The lowest BCUT2D eigenvalue weighted by Gasteiger charge is -2.37. The van der Waals surface area contributed by atoms with Gasteiger partial charge >= 0.3 is 12.1 Å². The van der Waals surface area contributed by atoms with E-state index < -0.39 is 54.1 Å². The number of carbonyl (C=O) groups is 1. The van der Waals surface area contributed by atoms with E-state index in [9.17, 15) is 37.0 Å². The lowest BCUT2D eigenvalue weighted by atomic mass is 9.95. The normalized spacial score (nSPS) is 30.1. The standard InChI is InChI=1S/C16H19F5N4O3/c1-7(8-2-4-9(5-3-8)15(17,18)16(19,20)21)25-12-11(10(6-26)24-25)13(27)23-14(28)22-12/h2-5,7,10-12,14,22,24,26,28H,6H2,1H3,(H,23,27). The molecule has 5 unspecified atom stereocenters. The summed E-state index contributed by atoms with van der Waals surface area (Å²) in [5, 5.41) is 25.8. The minimum absolute atomic E-state index is 0.383. The zero-order chi connectivity index (χ0) is 20.9. The summed E-state index contributed by atoms with van der Waals surface area (Å²) in [7, 11) is 0. The van der Waals surface area contributed by atoms with E-state index in [4.69, 9.17) is 0 Å². The molecule has 5 atom stereocenters. The quantitative estimate of drug-likeness (QED) is 0.465. The number of aliphatic hydroxyl groups excluding tert-OH is 2. The van der Waals surface area contributed by atoms with Crippen LogP contribution in [0.3, 0.4) is 0 Å². The van der Waals surface area contributed by atoms with Crippen molar-refractivity contribution >= 4 is 5.91 Å². The number of halogens is 5. The molecule has 0 aliphatic carbocycles. The Morgan fingerprint density at radius 3 is 2.32 bits per heavy atom. The molecule has 5 N–H and O–H groups in total. The van der Waals surface area contributed by atoms with Crippen molar-refractivity contribution in [3.8, 4) is 0 Å². The van der Waals surface area contributed by atoms with Gasteiger partial charge in [0.25, 0.3) is 0 Å². The Hall–Kier alpha value is -1.86. The van der Waals surface area contributed by atoms with Gasteiger partial charge in [-0.2, -0.15) is 22.0 Å². The predicted octanol–water partition coefficient (Wildman–Crippen LogP) is 0.520. The van der Waals surface area contributed by atoms with E-state index in [0.29, 0.717) is 17.7 Å². The number of aliphatic hydroxyl groups is 2. The number of hydrogen-bond acceptors (Lipinski definition) is 6. The van der Waals surface area contributed by atoms with Gasteiger partial charge in [0, 0.05) is 11.6 Å². The van der Waals surface area contributed by atoms with E-state index in [1.165, 1.54) is 5.01 Å². The number of hydrazine groups is 1. The molecule has 0 spiro atoms. The molecule has 12 heteroatoms. The highest BCUT2D eigenvalue weighted by atomic mass is 19.4. The van der Waals surface area contributed by atoms with E-state index in [1.54, 1.807) is 6.92 Å². The maximum Gasteiger partial charge on any atom is 0.458 e. The largest absolute Gasteiger partial charge is 0.458 e. The van der Waals surface area contributed by atoms with Gasteiger partial charge in [0.1, 0.15) is 0 Å². The lowest BCUT2D eigenvalue weighted by molar-refractivity contribution is -0.289. The highest BCUT2D eigenvalue weighted by molar-refractivity contribution is 5.81. The first-order valence-electron chi connectivity index (χ1n) is 8.42. The molecular formula is C16H19F5N4O3. The Morgan fingerprint density at radius 2 is 1.79 bits per heavy atom. The Bertz CT molecular complexity index is 730. The SMILES string of the molecule is CC(c1ccc(C(F)(F)C(F)(F)F)cc1)N1NC(CO)C2C(=O)NC(O)NC21. The number of rotatable bonds is 4. The van der Waals surface area contributed by atoms with Crippen LogP contribution in [0.4, 0.5) is 22.0 Å². The number of nitrogens with one attached hydrogen (secondary N) is 3. The zero-order valence-electron chi connectivity index (χ0n) is 14.5. The van der Waals surface area contributed by atoms with Gasteiger partial charge < -0.3 is 15.5 Å². The van der Waals surface area contributed by atoms with Gasteiger partial charge in [-0.05, 0) is 12.5 Å². The van der Waals surface area contributed by atoms with Crippen LogP contribution in [0.15, 0.2) is 24.3 Å². The summed E-state index contributed by atoms with van der Waals surface area (Å²) in [5.74, 6) is -6.21. The number of benzene rings is 1. The van der Waals surface area contributed by atoms with E-state index in [2.05, 4.69) is 16.1 Å². The second-order valence-electron chi connectivity index (χ2n) is 6.74. The third-order valence-electron chi connectivity index (χ3n) is 5.02. The Kier molecular flexibility index (Phi) is 5.36. The van der Waals surface area contributed by atoms with E-state index >= 15 is 0 Å². The highest BCUT2D eigenvalue weighted by Crippen LogP contribution is 2.44. The van der Waals surface area contributed by atoms with Crippen molar-refractivity contribution in [2.24, 2.45) is 5.92 Å². The van der Waals surface area contributed by atoms with Gasteiger partial charge in [0.2, 0.25) is 5.91 Å². The van der Waals surface area contributed by atoms with Crippen molar-refractivity contribution in [2.45, 2.75) is 43.6 Å². The van der Waals surface area contributed by atoms with Crippen LogP contribution in [0.1, 0.15) is 24.1 Å². The van der Waals surface area contributed by atoms with Crippen molar-refractivity contribution in [3.63, 3.8) is 0 Å². The molecule has 0 aromatic heterocycles. The van der Waals surface area contributed by atoms with Crippen molar-refractivity contribution in [1.82, 2.24) is 21.1 Å². The second kappa shape index (κ2) is 7.19. The van der Waals surface area contributed by atoms with E-state index in [1.807, 2.05) is 0 Å². The van der Waals surface area contributed by atoms with Crippen molar-refractivity contribution in [1.29, 1.82) is 0 Å². The molecule has 2 aliphatic rings. The molecule has 0 bridgehead atoms. The van der Waals surface area contributed by atoms with Gasteiger partial charge in [-0.25, -0.2) is 10.4 Å². The fourth-order valence-corrected chi connectivity index (χ4v) is 3.49. The molecule has 7 nitrogen and oxygen atoms in total. The van der Waals surface area contributed by atoms with Crippen LogP contribution < -0.4 is 16.1 Å². The molecule has 28 heavy (non-hydrogen) atoms. The summed E-state index contributed by atoms with van der Waals surface area (Å²) < 4.78 is 64.4. The molecule has 1 aromatic carbocycles. The van der Waals surface area contributed by atoms with Crippen LogP contribution in [0.25, 0.3) is 0 Å². The van der Waals surface area contributed by atoms with Crippen molar-refractivity contribution in [3.05, 3.63) is 35.4 Å². The molecule has 2 fully saturated rings. The maximum atomic E-state index is 13.4. The van der Waals surface area contributed by atoms with Gasteiger partial charge in [0.15, 0.2) is 6.35 Å². The molecule has 156 valence electrons. The molecule has 2 aliphatic heterocycles. The summed E-state index contributed by atoms with van der Waals surface area (Å²) in [6.07, 6.45) is -7.75. The molecule has 0 saturated carbocycles. The number of fused-ring (bicyclic) bond motifs is 1. The molecular weight excluding hydrogens is 391 g/mol. The summed E-state index contributed by atoms with van der Waals surface area (Å²) in [5.41, 5.74) is 2.14. The molecule has 2 heterocycles. The number of hydrogen-bond donors (Lipinski definition) is 5. The van der Waals surface area contributed by atoms with Crippen LogP contribution in [0.5, 0.6) is 0 Å². The zero-order valence-corrected chi connectivity index (χ0v) is 14.5. The third-order valence-corrected chi connectivity index (χ3v) is 5.02. The molecule has 0 radical (unpaired) electrons. The minimum atomic E-state index is -5.70.